The maximum absolute atomic E-state index is 15.1. The number of morpholine rings is 1. The molecular weight excluding hydrogens is 553 g/mol. The van der Waals surface area contributed by atoms with Gasteiger partial charge in [0.05, 0.1) is 31.5 Å². The highest BCUT2D eigenvalue weighted by atomic mass is 32.2. The topological polar surface area (TPSA) is 115 Å². The van der Waals surface area contributed by atoms with Gasteiger partial charge in [0.25, 0.3) is 10.0 Å². The molecule has 0 bridgehead atoms. The molecule has 1 atom stereocenters. The van der Waals surface area contributed by atoms with Crippen LogP contribution in [0.5, 0.6) is 23.0 Å². The van der Waals surface area contributed by atoms with Crippen LogP contribution in [0.1, 0.15) is 13.3 Å². The van der Waals surface area contributed by atoms with Gasteiger partial charge >= 0.3 is 0 Å². The Morgan fingerprint density at radius 2 is 1.90 bits per heavy atom. The van der Waals surface area contributed by atoms with Crippen molar-refractivity contribution in [1.29, 1.82) is 0 Å². The Kier molecular flexibility index (Phi) is 8.76. The van der Waals surface area contributed by atoms with Crippen molar-refractivity contribution < 1.29 is 31.8 Å². The van der Waals surface area contributed by atoms with Crippen LogP contribution in [-0.2, 0) is 14.8 Å². The Bertz CT molecular complexity index is 1530. The van der Waals surface area contributed by atoms with E-state index in [-0.39, 0.29) is 22.4 Å². The number of fused-ring (bicyclic) bond motifs is 1. The molecule has 13 heteroatoms. The fourth-order valence-corrected chi connectivity index (χ4v) is 6.31. The van der Waals surface area contributed by atoms with Gasteiger partial charge in [0.15, 0.2) is 28.1 Å². The molecule has 1 aromatic heterocycles. The number of anilines is 1. The summed E-state index contributed by atoms with van der Waals surface area (Å²) in [6.07, 6.45) is 2.18. The number of methoxy groups -OCH3 is 1. The maximum atomic E-state index is 15.1. The van der Waals surface area contributed by atoms with Crippen LogP contribution in [0.15, 0.2) is 47.7 Å². The second kappa shape index (κ2) is 12.5. The number of nitrogens with zero attached hydrogens (tertiary/aromatic N) is 4. The number of nitrogens with one attached hydrogen (secondary N) is 1. The molecule has 0 saturated carbocycles. The van der Waals surface area contributed by atoms with Crippen molar-refractivity contribution >= 4 is 31.7 Å². The summed E-state index contributed by atoms with van der Waals surface area (Å²) >= 11 is 0. The van der Waals surface area contributed by atoms with Crippen LogP contribution in [-0.4, -0.2) is 88.5 Å². The van der Waals surface area contributed by atoms with Crippen molar-refractivity contribution in [2.75, 3.05) is 64.9 Å². The molecule has 1 fully saturated rings. The molecule has 1 N–H and O–H groups in total. The number of ether oxygens (including phenoxy) is 4. The number of benzene rings is 2. The first kappa shape index (κ1) is 28.8. The number of halogens is 1. The molecule has 2 aliphatic rings. The molecule has 0 spiro atoms. The maximum Gasteiger partial charge on any atom is 0.277 e. The van der Waals surface area contributed by atoms with Gasteiger partial charge < -0.3 is 18.9 Å². The smallest absolute Gasteiger partial charge is 0.277 e. The molecule has 1 saturated heterocycles. The van der Waals surface area contributed by atoms with Crippen molar-refractivity contribution in [2.45, 2.75) is 13.3 Å². The van der Waals surface area contributed by atoms with Gasteiger partial charge in [-0.05, 0) is 30.7 Å². The van der Waals surface area contributed by atoms with E-state index in [2.05, 4.69) is 19.7 Å². The third-order valence-electron chi connectivity index (χ3n) is 7.03. The molecule has 2 aromatic carbocycles. The van der Waals surface area contributed by atoms with Crippen LogP contribution in [0.4, 0.5) is 10.1 Å². The van der Waals surface area contributed by atoms with Gasteiger partial charge in [-0.15, -0.1) is 0 Å². The van der Waals surface area contributed by atoms with Crippen LogP contribution in [0, 0.1) is 11.7 Å². The first-order chi connectivity index (χ1) is 19.8. The lowest BCUT2D eigenvalue weighted by atomic mass is 10.1. The lowest BCUT2D eigenvalue weighted by Crippen LogP contribution is -2.38. The van der Waals surface area contributed by atoms with Crippen LogP contribution >= 0.6 is 0 Å². The normalized spacial score (nSPS) is 17.9. The van der Waals surface area contributed by atoms with Crippen LogP contribution in [0.2, 0.25) is 0 Å². The van der Waals surface area contributed by atoms with Crippen LogP contribution < -0.4 is 18.9 Å². The van der Waals surface area contributed by atoms with E-state index >= 15 is 4.39 Å². The average Bonchev–Trinajstić information content (AvgIpc) is 3.36. The Morgan fingerprint density at radius 1 is 1.10 bits per heavy atom. The summed E-state index contributed by atoms with van der Waals surface area (Å²) < 4.78 is 66.3. The Balaban J connectivity index is 1.31. The van der Waals surface area contributed by atoms with E-state index in [4.69, 9.17) is 18.9 Å². The number of rotatable bonds is 10. The van der Waals surface area contributed by atoms with Gasteiger partial charge in [0.2, 0.25) is 0 Å². The zero-order valence-corrected chi connectivity index (χ0v) is 24.1. The standard InChI is InChI=1S/C28H34FN5O6S/c1-4-19-18-33(2)31-28(19)41(35,36)32-20-5-6-25(22(29)15-20)40-24-7-8-30-23-17-27(26(37-3)16-21(23)24)39-14-11-34-9-12-38-13-10-34/h5-8,15-17,19,32H,4,9-14,18H2,1-3H3. The summed E-state index contributed by atoms with van der Waals surface area (Å²) in [6.45, 7) is 6.83. The third kappa shape index (κ3) is 6.63. The zero-order valence-electron chi connectivity index (χ0n) is 23.3. The molecule has 220 valence electrons. The first-order valence-electron chi connectivity index (χ1n) is 13.5. The molecule has 41 heavy (non-hydrogen) atoms. The average molecular weight is 588 g/mol. The number of sulfonamides is 1. The summed E-state index contributed by atoms with van der Waals surface area (Å²) in [6, 6.07) is 9.03. The Hall–Kier alpha value is -3.68. The highest BCUT2D eigenvalue weighted by Crippen LogP contribution is 2.38. The summed E-state index contributed by atoms with van der Waals surface area (Å²) in [7, 11) is -0.677. The van der Waals surface area contributed by atoms with Gasteiger partial charge in [0, 0.05) is 62.9 Å². The molecule has 0 radical (unpaired) electrons. The largest absolute Gasteiger partial charge is 0.493 e. The van der Waals surface area contributed by atoms with Gasteiger partial charge in [0.1, 0.15) is 12.4 Å². The molecule has 0 amide bonds. The second-order valence-corrected chi connectivity index (χ2v) is 11.5. The number of hydrogen-bond donors (Lipinski definition) is 1. The van der Waals surface area contributed by atoms with E-state index in [9.17, 15) is 8.42 Å². The molecule has 5 rings (SSSR count). The van der Waals surface area contributed by atoms with Gasteiger partial charge in [-0.2, -0.15) is 13.5 Å². The fraction of sp³-hybridized carbons (Fsp3) is 0.429. The lowest BCUT2D eigenvalue weighted by Gasteiger charge is -2.26. The van der Waals surface area contributed by atoms with E-state index in [0.29, 0.717) is 47.7 Å². The SMILES string of the molecule is CCC1CN(C)N=C1S(=O)(=O)Nc1ccc(Oc2ccnc3cc(OCCN4CCOCC4)c(OC)cc23)c(F)c1. The minimum absolute atomic E-state index is 0.0462. The van der Waals surface area contributed by atoms with Crippen molar-refractivity contribution in [1.82, 2.24) is 14.9 Å². The summed E-state index contributed by atoms with van der Waals surface area (Å²) in [5.41, 5.74) is 0.657. The minimum Gasteiger partial charge on any atom is -0.493 e. The Morgan fingerprint density at radius 3 is 2.63 bits per heavy atom. The number of hydrazone groups is 1. The molecule has 2 aliphatic heterocycles. The first-order valence-corrected chi connectivity index (χ1v) is 14.9. The molecular formula is C28H34FN5O6S. The van der Waals surface area contributed by atoms with E-state index in [1.165, 1.54) is 12.1 Å². The van der Waals surface area contributed by atoms with E-state index in [1.54, 1.807) is 43.6 Å². The fourth-order valence-electron chi connectivity index (χ4n) is 4.84. The summed E-state index contributed by atoms with van der Waals surface area (Å²) in [5.74, 6) is 0.363. The minimum atomic E-state index is -3.94. The van der Waals surface area contributed by atoms with Gasteiger partial charge in [-0.25, -0.2) is 4.39 Å². The summed E-state index contributed by atoms with van der Waals surface area (Å²) in [4.78, 5) is 6.70. The molecule has 1 unspecified atom stereocenters. The monoisotopic (exact) mass is 587 g/mol. The van der Waals surface area contributed by atoms with Crippen molar-refractivity contribution in [3.05, 3.63) is 48.4 Å². The van der Waals surface area contributed by atoms with Crippen molar-refractivity contribution in [2.24, 2.45) is 11.0 Å². The number of pyridine rings is 1. The predicted octanol–water partition coefficient (Wildman–Crippen LogP) is 3.91. The summed E-state index contributed by atoms with van der Waals surface area (Å²) in [5, 5.41) is 6.38. The van der Waals surface area contributed by atoms with Crippen molar-refractivity contribution in [3.8, 4) is 23.0 Å². The van der Waals surface area contributed by atoms with E-state index < -0.39 is 15.8 Å². The molecule has 3 aromatic rings. The zero-order chi connectivity index (χ0) is 29.0. The Labute approximate surface area is 238 Å². The lowest BCUT2D eigenvalue weighted by molar-refractivity contribution is 0.0321. The van der Waals surface area contributed by atoms with E-state index in [0.717, 1.165) is 38.9 Å². The van der Waals surface area contributed by atoms with Crippen molar-refractivity contribution in [3.63, 3.8) is 0 Å². The quantitative estimate of drug-likeness (QED) is 0.377. The number of aromatic nitrogens is 1. The second-order valence-electron chi connectivity index (χ2n) is 9.87. The third-order valence-corrected chi connectivity index (χ3v) is 8.50. The molecule has 0 aliphatic carbocycles. The van der Waals surface area contributed by atoms with Gasteiger partial charge in [-0.1, -0.05) is 6.92 Å². The molecule has 11 nitrogen and oxygen atoms in total. The van der Waals surface area contributed by atoms with Crippen LogP contribution in [0.3, 0.4) is 0 Å². The highest BCUT2D eigenvalue weighted by Gasteiger charge is 2.33. The van der Waals surface area contributed by atoms with E-state index in [1.807, 2.05) is 6.92 Å². The predicted molar refractivity (Wildman–Crippen MR) is 154 cm³/mol. The highest BCUT2D eigenvalue weighted by molar-refractivity contribution is 8.07. The number of hydrogen-bond acceptors (Lipinski definition) is 10. The van der Waals surface area contributed by atoms with Gasteiger partial charge in [-0.3, -0.25) is 19.6 Å². The molecule has 3 heterocycles. The van der Waals surface area contributed by atoms with Crippen LogP contribution in [0.25, 0.3) is 10.9 Å².